The minimum Gasteiger partial charge on any atom is -0.354 e. The molecule has 0 aromatic heterocycles. The molecule has 2 amide bonds. The van der Waals surface area contributed by atoms with Gasteiger partial charge in [-0.25, -0.2) is 0 Å². The van der Waals surface area contributed by atoms with Crippen LogP contribution < -0.4 is 11.1 Å². The molecule has 1 saturated heterocycles. The summed E-state index contributed by atoms with van der Waals surface area (Å²) in [5.74, 6) is -0.126. The third-order valence-electron chi connectivity index (χ3n) is 2.80. The molecule has 86 valence electrons. The molecule has 3 N–H and O–H groups in total. The first-order chi connectivity index (χ1) is 7.02. The lowest BCUT2D eigenvalue weighted by molar-refractivity contribution is -0.135. The summed E-state index contributed by atoms with van der Waals surface area (Å²) in [5.41, 5.74) is 5.68. The van der Waals surface area contributed by atoms with E-state index in [-0.39, 0.29) is 23.8 Å². The van der Waals surface area contributed by atoms with E-state index in [9.17, 15) is 9.59 Å². The van der Waals surface area contributed by atoms with Gasteiger partial charge in [-0.05, 0) is 6.92 Å². The molecule has 1 aliphatic heterocycles. The first-order valence-corrected chi connectivity index (χ1v) is 5.33. The average molecular weight is 213 g/mol. The van der Waals surface area contributed by atoms with Crippen molar-refractivity contribution in [2.24, 2.45) is 11.7 Å². The van der Waals surface area contributed by atoms with Gasteiger partial charge in [-0.1, -0.05) is 6.92 Å². The largest absolute Gasteiger partial charge is 0.354 e. The van der Waals surface area contributed by atoms with Gasteiger partial charge in [0, 0.05) is 32.1 Å². The van der Waals surface area contributed by atoms with Gasteiger partial charge in [-0.15, -0.1) is 0 Å². The number of rotatable bonds is 2. The van der Waals surface area contributed by atoms with Gasteiger partial charge in [-0.3, -0.25) is 9.59 Å². The van der Waals surface area contributed by atoms with Crippen molar-refractivity contribution in [1.82, 2.24) is 10.2 Å². The average Bonchev–Trinajstić information content (AvgIpc) is 2.40. The van der Waals surface area contributed by atoms with Gasteiger partial charge < -0.3 is 16.0 Å². The second kappa shape index (κ2) is 5.11. The molecule has 1 fully saturated rings. The number of hydrogen-bond acceptors (Lipinski definition) is 3. The van der Waals surface area contributed by atoms with Gasteiger partial charge in [0.2, 0.25) is 11.8 Å². The minimum atomic E-state index is -0.182. The lowest BCUT2D eigenvalue weighted by Crippen LogP contribution is -2.43. The normalized spacial score (nSPS) is 21.5. The van der Waals surface area contributed by atoms with E-state index < -0.39 is 0 Å². The molecule has 1 heterocycles. The summed E-state index contributed by atoms with van der Waals surface area (Å²) < 4.78 is 0. The maximum Gasteiger partial charge on any atom is 0.227 e. The second-order valence-corrected chi connectivity index (χ2v) is 4.07. The molecule has 2 unspecified atom stereocenters. The molecule has 0 spiro atoms. The first kappa shape index (κ1) is 12.0. The van der Waals surface area contributed by atoms with Crippen LogP contribution in [-0.2, 0) is 9.59 Å². The standard InChI is InChI=1S/C10H19N3O2/c1-7(8(2)11)10(15)13-5-3-9(14)12-4-6-13/h7-8H,3-6,11H2,1-2H3,(H,12,14). The third kappa shape index (κ3) is 3.20. The number of nitrogens with zero attached hydrogens (tertiary/aromatic N) is 1. The smallest absolute Gasteiger partial charge is 0.227 e. The Balaban J connectivity index is 2.55. The topological polar surface area (TPSA) is 75.4 Å². The number of carbonyl (C=O) groups excluding carboxylic acids is 2. The Bertz CT molecular complexity index is 253. The molecule has 2 atom stereocenters. The van der Waals surface area contributed by atoms with E-state index in [1.54, 1.807) is 4.90 Å². The summed E-state index contributed by atoms with van der Waals surface area (Å²) in [6, 6.07) is -0.149. The van der Waals surface area contributed by atoms with Gasteiger partial charge in [0.05, 0.1) is 5.92 Å². The van der Waals surface area contributed by atoms with Crippen molar-refractivity contribution < 1.29 is 9.59 Å². The van der Waals surface area contributed by atoms with Crippen molar-refractivity contribution in [3.05, 3.63) is 0 Å². The van der Waals surface area contributed by atoms with E-state index in [2.05, 4.69) is 5.32 Å². The Morgan fingerprint density at radius 3 is 2.73 bits per heavy atom. The fourth-order valence-corrected chi connectivity index (χ4v) is 1.50. The highest BCUT2D eigenvalue weighted by molar-refractivity contribution is 5.81. The molecule has 0 aliphatic carbocycles. The highest BCUT2D eigenvalue weighted by Crippen LogP contribution is 2.07. The summed E-state index contributed by atoms with van der Waals surface area (Å²) in [5, 5.41) is 2.73. The van der Waals surface area contributed by atoms with Crippen LogP contribution >= 0.6 is 0 Å². The Hall–Kier alpha value is -1.10. The van der Waals surface area contributed by atoms with Crippen LogP contribution in [0.1, 0.15) is 20.3 Å². The number of nitrogens with one attached hydrogen (secondary N) is 1. The molecule has 0 bridgehead atoms. The van der Waals surface area contributed by atoms with Crippen LogP contribution in [0, 0.1) is 5.92 Å². The van der Waals surface area contributed by atoms with Crippen LogP contribution in [-0.4, -0.2) is 42.4 Å². The van der Waals surface area contributed by atoms with Gasteiger partial charge in [0.15, 0.2) is 0 Å². The molecular weight excluding hydrogens is 194 g/mol. The van der Waals surface area contributed by atoms with Gasteiger partial charge in [-0.2, -0.15) is 0 Å². The summed E-state index contributed by atoms with van der Waals surface area (Å²) in [6.45, 7) is 5.27. The molecule has 5 heteroatoms. The lowest BCUT2D eigenvalue weighted by Gasteiger charge is -2.25. The van der Waals surface area contributed by atoms with Crippen LogP contribution in [0.2, 0.25) is 0 Å². The number of nitrogens with two attached hydrogens (primary N) is 1. The molecule has 15 heavy (non-hydrogen) atoms. The van der Waals surface area contributed by atoms with Crippen molar-refractivity contribution in [2.75, 3.05) is 19.6 Å². The van der Waals surface area contributed by atoms with Gasteiger partial charge in [0.25, 0.3) is 0 Å². The number of amides is 2. The predicted molar refractivity (Wildman–Crippen MR) is 57.0 cm³/mol. The molecule has 1 aliphatic rings. The van der Waals surface area contributed by atoms with Crippen molar-refractivity contribution in [3.8, 4) is 0 Å². The van der Waals surface area contributed by atoms with E-state index >= 15 is 0 Å². The highest BCUT2D eigenvalue weighted by atomic mass is 16.2. The van der Waals surface area contributed by atoms with Crippen LogP contribution in [0.15, 0.2) is 0 Å². The second-order valence-electron chi connectivity index (χ2n) is 4.07. The van der Waals surface area contributed by atoms with Crippen molar-refractivity contribution in [2.45, 2.75) is 26.3 Å². The van der Waals surface area contributed by atoms with Crippen LogP contribution in [0.3, 0.4) is 0 Å². The van der Waals surface area contributed by atoms with E-state index in [0.29, 0.717) is 26.1 Å². The van der Waals surface area contributed by atoms with Crippen molar-refractivity contribution in [1.29, 1.82) is 0 Å². The highest BCUT2D eigenvalue weighted by Gasteiger charge is 2.24. The van der Waals surface area contributed by atoms with E-state index in [1.165, 1.54) is 0 Å². The fourth-order valence-electron chi connectivity index (χ4n) is 1.50. The van der Waals surface area contributed by atoms with E-state index in [1.807, 2.05) is 13.8 Å². The van der Waals surface area contributed by atoms with Crippen LogP contribution in [0.25, 0.3) is 0 Å². The predicted octanol–water partition coefficient (Wildman–Crippen LogP) is -0.682. The SMILES string of the molecule is CC(N)C(C)C(=O)N1CCNC(=O)CC1. The van der Waals surface area contributed by atoms with Crippen molar-refractivity contribution in [3.63, 3.8) is 0 Å². The Labute approximate surface area is 90.0 Å². The molecular formula is C10H19N3O2. The zero-order valence-electron chi connectivity index (χ0n) is 9.32. The van der Waals surface area contributed by atoms with E-state index in [0.717, 1.165) is 0 Å². The van der Waals surface area contributed by atoms with Gasteiger partial charge in [0.1, 0.15) is 0 Å². The molecule has 0 aromatic carbocycles. The summed E-state index contributed by atoms with van der Waals surface area (Å²) in [4.78, 5) is 24.7. The zero-order valence-corrected chi connectivity index (χ0v) is 9.32. The lowest BCUT2D eigenvalue weighted by atomic mass is 10.0. The molecule has 0 aromatic rings. The first-order valence-electron chi connectivity index (χ1n) is 5.33. The maximum absolute atomic E-state index is 11.9. The monoisotopic (exact) mass is 213 g/mol. The third-order valence-corrected chi connectivity index (χ3v) is 2.80. The fraction of sp³-hybridized carbons (Fsp3) is 0.800. The Morgan fingerprint density at radius 1 is 1.47 bits per heavy atom. The zero-order chi connectivity index (χ0) is 11.4. The van der Waals surface area contributed by atoms with E-state index in [4.69, 9.17) is 5.73 Å². The minimum absolute atomic E-state index is 0.0127. The quantitative estimate of drug-likeness (QED) is 0.638. The molecule has 0 radical (unpaired) electrons. The maximum atomic E-state index is 11.9. The van der Waals surface area contributed by atoms with Crippen molar-refractivity contribution >= 4 is 11.8 Å². The molecule has 1 rings (SSSR count). The number of carbonyl (C=O) groups is 2. The Kier molecular flexibility index (Phi) is 4.08. The summed E-state index contributed by atoms with van der Waals surface area (Å²) >= 11 is 0. The van der Waals surface area contributed by atoms with Crippen LogP contribution in [0.5, 0.6) is 0 Å². The molecule has 0 saturated carbocycles. The summed E-state index contributed by atoms with van der Waals surface area (Å²) in [6.07, 6.45) is 0.386. The Morgan fingerprint density at radius 2 is 2.13 bits per heavy atom. The summed E-state index contributed by atoms with van der Waals surface area (Å²) in [7, 11) is 0. The number of hydrogen-bond donors (Lipinski definition) is 2. The molecule has 5 nitrogen and oxygen atoms in total. The van der Waals surface area contributed by atoms with Gasteiger partial charge >= 0.3 is 0 Å². The van der Waals surface area contributed by atoms with Crippen LogP contribution in [0.4, 0.5) is 0 Å².